The fourth-order valence-electron chi connectivity index (χ4n) is 2.79. The van der Waals surface area contributed by atoms with Gasteiger partial charge < -0.3 is 5.73 Å². The van der Waals surface area contributed by atoms with Gasteiger partial charge in [0.2, 0.25) is 20.0 Å². The molecule has 1 aliphatic carbocycles. The molecule has 0 aromatic heterocycles. The standard InChI is InChI=1S/C16H27N3O4S2.ClH/c1-2-3-12-24(20,21)18-14-8-10-16(11-9-14)25(22,23)19-15-6-4-13(17)5-7-15;/h8-11,13,15,18-19H,2-7,12,17H2,1H3;1H. The van der Waals surface area contributed by atoms with Crippen molar-refractivity contribution in [2.75, 3.05) is 10.5 Å². The van der Waals surface area contributed by atoms with Crippen LogP contribution in [-0.4, -0.2) is 34.7 Å². The van der Waals surface area contributed by atoms with Gasteiger partial charge in [-0.15, -0.1) is 12.4 Å². The minimum atomic E-state index is -3.62. The predicted molar refractivity (Wildman–Crippen MR) is 107 cm³/mol. The van der Waals surface area contributed by atoms with Crippen molar-refractivity contribution in [3.8, 4) is 0 Å². The van der Waals surface area contributed by atoms with Gasteiger partial charge in [-0.25, -0.2) is 21.6 Å². The Balaban J connectivity index is 0.00000338. The number of nitrogens with one attached hydrogen (secondary N) is 2. The van der Waals surface area contributed by atoms with E-state index >= 15 is 0 Å². The molecule has 2 rings (SSSR count). The lowest BCUT2D eigenvalue weighted by molar-refractivity contribution is 0.373. The summed E-state index contributed by atoms with van der Waals surface area (Å²) >= 11 is 0. The number of halogens is 1. The van der Waals surface area contributed by atoms with Crippen LogP contribution >= 0.6 is 12.4 Å². The van der Waals surface area contributed by atoms with Crippen LogP contribution in [0.4, 0.5) is 5.69 Å². The maximum atomic E-state index is 12.4. The van der Waals surface area contributed by atoms with Gasteiger partial charge >= 0.3 is 0 Å². The van der Waals surface area contributed by atoms with E-state index < -0.39 is 20.0 Å². The second-order valence-corrected chi connectivity index (χ2v) is 10.1. The summed E-state index contributed by atoms with van der Waals surface area (Å²) in [5.74, 6) is 0.0505. The van der Waals surface area contributed by atoms with Crippen LogP contribution in [0.5, 0.6) is 0 Å². The summed E-state index contributed by atoms with van der Waals surface area (Å²) in [7, 11) is -7.02. The van der Waals surface area contributed by atoms with E-state index in [2.05, 4.69) is 9.44 Å². The van der Waals surface area contributed by atoms with E-state index in [1.54, 1.807) is 0 Å². The summed E-state index contributed by atoms with van der Waals surface area (Å²) in [5, 5.41) is 0. The number of hydrogen-bond acceptors (Lipinski definition) is 5. The highest BCUT2D eigenvalue weighted by Gasteiger charge is 2.24. The SMILES string of the molecule is CCCCS(=O)(=O)Nc1ccc(S(=O)(=O)NC2CCC(N)CC2)cc1.Cl. The van der Waals surface area contributed by atoms with Crippen LogP contribution < -0.4 is 15.2 Å². The first-order valence-electron chi connectivity index (χ1n) is 8.60. The van der Waals surface area contributed by atoms with Crippen molar-refractivity contribution in [1.29, 1.82) is 0 Å². The van der Waals surface area contributed by atoms with E-state index in [1.165, 1.54) is 24.3 Å². The van der Waals surface area contributed by atoms with E-state index in [1.807, 2.05) is 6.92 Å². The molecule has 1 fully saturated rings. The number of benzene rings is 1. The molecule has 0 bridgehead atoms. The van der Waals surface area contributed by atoms with Crippen molar-refractivity contribution < 1.29 is 16.8 Å². The summed E-state index contributed by atoms with van der Waals surface area (Å²) in [6.07, 6.45) is 4.45. The van der Waals surface area contributed by atoms with Crippen molar-refractivity contribution in [3.05, 3.63) is 24.3 Å². The largest absolute Gasteiger partial charge is 0.328 e. The smallest absolute Gasteiger partial charge is 0.240 e. The Kier molecular flexibility index (Phi) is 8.81. The Labute approximate surface area is 162 Å². The fraction of sp³-hybridized carbons (Fsp3) is 0.625. The first-order chi connectivity index (χ1) is 11.7. The molecule has 4 N–H and O–H groups in total. The molecule has 10 heteroatoms. The highest BCUT2D eigenvalue weighted by molar-refractivity contribution is 7.92. The Hall–Kier alpha value is -0.870. The van der Waals surface area contributed by atoms with Gasteiger partial charge in [-0.1, -0.05) is 13.3 Å². The summed E-state index contributed by atoms with van der Waals surface area (Å²) in [4.78, 5) is 0.124. The molecule has 0 atom stereocenters. The van der Waals surface area contributed by atoms with Gasteiger partial charge in [-0.3, -0.25) is 4.72 Å². The van der Waals surface area contributed by atoms with Gasteiger partial charge in [0, 0.05) is 17.8 Å². The molecular weight excluding hydrogens is 398 g/mol. The molecule has 0 saturated heterocycles. The molecule has 0 aliphatic heterocycles. The first kappa shape index (κ1) is 23.2. The first-order valence-corrected chi connectivity index (χ1v) is 11.7. The lowest BCUT2D eigenvalue weighted by Gasteiger charge is -2.26. The Morgan fingerprint density at radius 3 is 2.15 bits per heavy atom. The molecule has 1 aliphatic rings. The average molecular weight is 426 g/mol. The molecule has 1 saturated carbocycles. The highest BCUT2D eigenvalue weighted by atomic mass is 35.5. The van der Waals surface area contributed by atoms with Gasteiger partial charge in [-0.2, -0.15) is 0 Å². The van der Waals surface area contributed by atoms with Crippen LogP contribution in [0.1, 0.15) is 45.4 Å². The van der Waals surface area contributed by atoms with Crippen molar-refractivity contribution in [1.82, 2.24) is 4.72 Å². The normalized spacial score (nSPS) is 21.0. The Morgan fingerprint density at radius 1 is 1.04 bits per heavy atom. The van der Waals surface area contributed by atoms with Crippen LogP contribution in [0.25, 0.3) is 0 Å². The topological polar surface area (TPSA) is 118 Å². The third-order valence-corrected chi connectivity index (χ3v) is 7.21. The van der Waals surface area contributed by atoms with Crippen LogP contribution in [0.2, 0.25) is 0 Å². The second kappa shape index (κ2) is 9.89. The minimum Gasteiger partial charge on any atom is -0.328 e. The van der Waals surface area contributed by atoms with Gasteiger partial charge in [0.15, 0.2) is 0 Å². The van der Waals surface area contributed by atoms with Crippen LogP contribution in [0, 0.1) is 0 Å². The van der Waals surface area contributed by atoms with Gasteiger partial charge in [0.1, 0.15) is 0 Å². The van der Waals surface area contributed by atoms with Crippen molar-refractivity contribution >= 4 is 38.1 Å². The Morgan fingerprint density at radius 2 is 1.62 bits per heavy atom. The van der Waals surface area contributed by atoms with E-state index in [0.29, 0.717) is 12.1 Å². The molecule has 0 unspecified atom stereocenters. The third-order valence-electron chi connectivity index (χ3n) is 4.30. The molecule has 7 nitrogen and oxygen atoms in total. The maximum Gasteiger partial charge on any atom is 0.240 e. The summed E-state index contributed by atoms with van der Waals surface area (Å²) in [6.45, 7) is 1.92. The number of nitrogens with two attached hydrogens (primary N) is 1. The lowest BCUT2D eigenvalue weighted by Crippen LogP contribution is -2.40. The zero-order chi connectivity index (χ0) is 18.5. The van der Waals surface area contributed by atoms with E-state index in [-0.39, 0.29) is 35.1 Å². The number of unbranched alkanes of at least 4 members (excludes halogenated alkanes) is 1. The maximum absolute atomic E-state index is 12.4. The zero-order valence-corrected chi connectivity index (χ0v) is 17.3. The molecule has 150 valence electrons. The monoisotopic (exact) mass is 425 g/mol. The van der Waals surface area contributed by atoms with Crippen LogP contribution in [0.3, 0.4) is 0 Å². The number of anilines is 1. The molecule has 0 spiro atoms. The summed E-state index contributed by atoms with van der Waals surface area (Å²) < 4.78 is 53.8. The molecule has 0 amide bonds. The molecular formula is C16H28ClN3O4S2. The fourth-order valence-corrected chi connectivity index (χ4v) is 5.36. The number of sulfonamides is 2. The number of rotatable bonds is 8. The van der Waals surface area contributed by atoms with Gasteiger partial charge in [-0.05, 0) is 56.4 Å². The molecule has 1 aromatic carbocycles. The highest BCUT2D eigenvalue weighted by Crippen LogP contribution is 2.21. The van der Waals surface area contributed by atoms with Crippen molar-refractivity contribution in [2.24, 2.45) is 5.73 Å². The third kappa shape index (κ3) is 7.03. The van der Waals surface area contributed by atoms with E-state index in [4.69, 9.17) is 5.73 Å². The van der Waals surface area contributed by atoms with E-state index in [0.717, 1.165) is 32.1 Å². The van der Waals surface area contributed by atoms with Gasteiger partial charge in [0.05, 0.1) is 10.6 Å². The zero-order valence-electron chi connectivity index (χ0n) is 14.8. The predicted octanol–water partition coefficient (Wildman–Crippen LogP) is 2.20. The Bertz CT molecular complexity index is 759. The summed E-state index contributed by atoms with van der Waals surface area (Å²) in [5.41, 5.74) is 6.20. The van der Waals surface area contributed by atoms with Crippen molar-refractivity contribution in [2.45, 2.75) is 62.4 Å². The van der Waals surface area contributed by atoms with Crippen molar-refractivity contribution in [3.63, 3.8) is 0 Å². The second-order valence-electron chi connectivity index (χ2n) is 6.53. The number of hydrogen-bond donors (Lipinski definition) is 3. The molecule has 0 heterocycles. The average Bonchev–Trinajstić information content (AvgIpc) is 2.55. The molecule has 26 heavy (non-hydrogen) atoms. The lowest BCUT2D eigenvalue weighted by atomic mass is 9.93. The molecule has 1 aromatic rings. The van der Waals surface area contributed by atoms with E-state index in [9.17, 15) is 16.8 Å². The molecule has 0 radical (unpaired) electrons. The summed E-state index contributed by atoms with van der Waals surface area (Å²) in [6, 6.07) is 5.81. The van der Waals surface area contributed by atoms with Crippen LogP contribution in [-0.2, 0) is 20.0 Å². The van der Waals surface area contributed by atoms with Crippen LogP contribution in [0.15, 0.2) is 29.2 Å². The minimum absolute atomic E-state index is 0. The van der Waals surface area contributed by atoms with Gasteiger partial charge in [0.25, 0.3) is 0 Å². The quantitative estimate of drug-likeness (QED) is 0.589.